The Balaban J connectivity index is 2.34. The molecule has 1 aromatic heterocycles. The summed E-state index contributed by atoms with van der Waals surface area (Å²) in [4.78, 5) is 4.16. The topological polar surface area (TPSA) is 17.3 Å². The van der Waals surface area contributed by atoms with Gasteiger partial charge in [0.05, 0.1) is 5.70 Å². The molecule has 0 bridgehead atoms. The Bertz CT molecular complexity index is 353. The number of aryl methyl sites for hydroxylation is 1. The molecule has 0 unspecified atom stereocenters. The lowest BCUT2D eigenvalue weighted by molar-refractivity contribution is 0.914. The van der Waals surface area contributed by atoms with Crippen LogP contribution in [-0.2, 0) is 7.05 Å². The zero-order chi connectivity index (χ0) is 8.39. The molecule has 0 spiro atoms. The maximum absolute atomic E-state index is 4.16. The molecular weight excluding hydrogens is 148 g/mol. The van der Waals surface area contributed by atoms with Crippen LogP contribution in [0.5, 0.6) is 0 Å². The second-order valence-electron chi connectivity index (χ2n) is 2.75. The Labute approximate surface area is 71.6 Å². The van der Waals surface area contributed by atoms with Crippen LogP contribution in [0.1, 0.15) is 5.69 Å². The summed E-state index contributed by atoms with van der Waals surface area (Å²) >= 11 is 0. The lowest BCUT2D eigenvalue weighted by Crippen LogP contribution is -1.87. The highest BCUT2D eigenvalue weighted by atomic mass is 14.9. The summed E-state index contributed by atoms with van der Waals surface area (Å²) in [5.41, 5.74) is 2.19. The second-order valence-corrected chi connectivity index (χ2v) is 2.75. The molecule has 0 aliphatic carbocycles. The Morgan fingerprint density at radius 3 is 3.00 bits per heavy atom. The molecule has 1 aliphatic heterocycles. The van der Waals surface area contributed by atoms with Gasteiger partial charge in [-0.25, -0.2) is 0 Å². The fourth-order valence-electron chi connectivity index (χ4n) is 1.17. The molecule has 2 heterocycles. The molecule has 0 radical (unpaired) electrons. The molecule has 0 saturated carbocycles. The van der Waals surface area contributed by atoms with E-state index in [-0.39, 0.29) is 0 Å². The minimum absolute atomic E-state index is 1.01. The van der Waals surface area contributed by atoms with Crippen molar-refractivity contribution in [3.8, 4) is 0 Å². The van der Waals surface area contributed by atoms with E-state index in [0.717, 1.165) is 5.70 Å². The Morgan fingerprint density at radius 2 is 2.42 bits per heavy atom. The van der Waals surface area contributed by atoms with E-state index in [9.17, 15) is 0 Å². The number of aliphatic imine (C=N–C) groups is 1. The van der Waals surface area contributed by atoms with Gasteiger partial charge in [0.2, 0.25) is 0 Å². The molecule has 0 fully saturated rings. The van der Waals surface area contributed by atoms with Crippen molar-refractivity contribution >= 4 is 12.3 Å². The van der Waals surface area contributed by atoms with Crippen LogP contribution in [0, 0.1) is 0 Å². The molecular formula is C10H10N2. The highest BCUT2D eigenvalue weighted by Gasteiger charge is 1.96. The quantitative estimate of drug-likeness (QED) is 0.595. The molecule has 60 valence electrons. The van der Waals surface area contributed by atoms with Gasteiger partial charge in [-0.15, -0.1) is 0 Å². The number of rotatable bonds is 1. The third kappa shape index (κ3) is 1.23. The average Bonchev–Trinajstić information content (AvgIpc) is 2.65. The monoisotopic (exact) mass is 158 g/mol. The molecule has 0 atom stereocenters. The zero-order valence-corrected chi connectivity index (χ0v) is 6.94. The number of nitrogens with zero attached hydrogens (tertiary/aromatic N) is 2. The van der Waals surface area contributed by atoms with E-state index in [0.29, 0.717) is 0 Å². The molecule has 0 aromatic carbocycles. The van der Waals surface area contributed by atoms with Crippen LogP contribution >= 0.6 is 0 Å². The van der Waals surface area contributed by atoms with Crippen molar-refractivity contribution in [2.45, 2.75) is 0 Å². The van der Waals surface area contributed by atoms with Crippen molar-refractivity contribution in [1.29, 1.82) is 0 Å². The lowest BCUT2D eigenvalue weighted by Gasteiger charge is -1.95. The summed E-state index contributed by atoms with van der Waals surface area (Å²) in [5, 5.41) is 0. The van der Waals surface area contributed by atoms with E-state index in [1.807, 2.05) is 31.5 Å². The molecule has 2 nitrogen and oxygen atoms in total. The molecule has 0 saturated heterocycles. The van der Waals surface area contributed by atoms with Gasteiger partial charge in [-0.05, 0) is 30.4 Å². The lowest BCUT2D eigenvalue weighted by atomic mass is 10.3. The number of hydrogen-bond donors (Lipinski definition) is 0. The van der Waals surface area contributed by atoms with Crippen molar-refractivity contribution in [3.63, 3.8) is 0 Å². The van der Waals surface area contributed by atoms with Crippen molar-refractivity contribution < 1.29 is 0 Å². The number of allylic oxidation sites excluding steroid dienone is 2. The minimum Gasteiger partial charge on any atom is -0.351 e. The van der Waals surface area contributed by atoms with Crippen LogP contribution in [0.2, 0.25) is 0 Å². The van der Waals surface area contributed by atoms with Crippen LogP contribution in [0.15, 0.2) is 41.2 Å². The first-order chi connectivity index (χ1) is 5.86. The van der Waals surface area contributed by atoms with Gasteiger partial charge in [0.15, 0.2) is 0 Å². The Hall–Kier alpha value is -1.57. The summed E-state index contributed by atoms with van der Waals surface area (Å²) in [6.07, 6.45) is 9.81. The molecule has 0 amide bonds. The van der Waals surface area contributed by atoms with E-state index in [2.05, 4.69) is 21.7 Å². The van der Waals surface area contributed by atoms with Crippen LogP contribution in [0.3, 0.4) is 0 Å². The number of aromatic nitrogens is 1. The van der Waals surface area contributed by atoms with Gasteiger partial charge >= 0.3 is 0 Å². The molecule has 2 rings (SSSR count). The Morgan fingerprint density at radius 1 is 1.50 bits per heavy atom. The summed E-state index contributed by atoms with van der Waals surface area (Å²) in [5.74, 6) is 0. The van der Waals surface area contributed by atoms with E-state index < -0.39 is 0 Å². The van der Waals surface area contributed by atoms with E-state index in [1.165, 1.54) is 5.69 Å². The second kappa shape index (κ2) is 2.81. The molecule has 1 aromatic rings. The standard InChI is InChI=1S/C10H10N2/c1-12-7-3-5-10(12)8-9-4-2-6-11-9/h2-8H,1H3. The highest BCUT2D eigenvalue weighted by Crippen LogP contribution is 2.11. The summed E-state index contributed by atoms with van der Waals surface area (Å²) < 4.78 is 2.06. The predicted molar refractivity (Wildman–Crippen MR) is 51.0 cm³/mol. The normalized spacial score (nSPS) is 17.9. The van der Waals surface area contributed by atoms with Crippen LogP contribution in [0.25, 0.3) is 6.08 Å². The molecule has 0 N–H and O–H groups in total. The maximum atomic E-state index is 4.16. The fraction of sp³-hybridized carbons (Fsp3) is 0.100. The fourth-order valence-corrected chi connectivity index (χ4v) is 1.17. The van der Waals surface area contributed by atoms with Crippen LogP contribution < -0.4 is 0 Å². The van der Waals surface area contributed by atoms with E-state index in [4.69, 9.17) is 0 Å². The first kappa shape index (κ1) is 7.10. The predicted octanol–water partition coefficient (Wildman–Crippen LogP) is 2.01. The van der Waals surface area contributed by atoms with Gasteiger partial charge in [0, 0.05) is 25.2 Å². The van der Waals surface area contributed by atoms with E-state index in [1.54, 1.807) is 6.21 Å². The smallest absolute Gasteiger partial charge is 0.0650 e. The molecule has 1 aliphatic rings. The largest absolute Gasteiger partial charge is 0.351 e. The van der Waals surface area contributed by atoms with Gasteiger partial charge in [-0.1, -0.05) is 0 Å². The van der Waals surface area contributed by atoms with Gasteiger partial charge in [-0.2, -0.15) is 0 Å². The minimum atomic E-state index is 1.01. The zero-order valence-electron chi connectivity index (χ0n) is 6.94. The third-order valence-electron chi connectivity index (χ3n) is 1.86. The van der Waals surface area contributed by atoms with Crippen molar-refractivity contribution in [3.05, 3.63) is 41.9 Å². The van der Waals surface area contributed by atoms with Crippen molar-refractivity contribution in [2.75, 3.05) is 0 Å². The third-order valence-corrected chi connectivity index (χ3v) is 1.86. The van der Waals surface area contributed by atoms with Gasteiger partial charge < -0.3 is 4.57 Å². The molecule has 12 heavy (non-hydrogen) atoms. The van der Waals surface area contributed by atoms with Crippen LogP contribution in [-0.4, -0.2) is 10.8 Å². The number of hydrogen-bond acceptors (Lipinski definition) is 1. The highest BCUT2D eigenvalue weighted by molar-refractivity contribution is 5.79. The van der Waals surface area contributed by atoms with Gasteiger partial charge in [-0.3, -0.25) is 4.99 Å². The first-order valence-corrected chi connectivity index (χ1v) is 3.90. The SMILES string of the molecule is Cn1cccc1C=C1C=CC=N1. The van der Waals surface area contributed by atoms with Gasteiger partial charge in [0.1, 0.15) is 0 Å². The maximum Gasteiger partial charge on any atom is 0.0650 e. The summed E-state index contributed by atoms with van der Waals surface area (Å²) in [7, 11) is 2.02. The average molecular weight is 158 g/mol. The van der Waals surface area contributed by atoms with Gasteiger partial charge in [0.25, 0.3) is 0 Å². The summed E-state index contributed by atoms with van der Waals surface area (Å²) in [6, 6.07) is 4.09. The van der Waals surface area contributed by atoms with Crippen LogP contribution in [0.4, 0.5) is 0 Å². The summed E-state index contributed by atoms with van der Waals surface area (Å²) in [6.45, 7) is 0. The van der Waals surface area contributed by atoms with Crippen molar-refractivity contribution in [2.24, 2.45) is 12.0 Å². The van der Waals surface area contributed by atoms with Crippen molar-refractivity contribution in [1.82, 2.24) is 4.57 Å². The van der Waals surface area contributed by atoms with E-state index >= 15 is 0 Å². The first-order valence-electron chi connectivity index (χ1n) is 3.90. The molecule has 2 heteroatoms. The Kier molecular flexibility index (Phi) is 1.67.